The number of ether oxygens (including phenoxy) is 1. The lowest BCUT2D eigenvalue weighted by Crippen LogP contribution is -2.40. The zero-order chi connectivity index (χ0) is 18.0. The Labute approximate surface area is 139 Å². The zero-order valence-corrected chi connectivity index (χ0v) is 14.1. The lowest BCUT2D eigenvalue weighted by atomic mass is 10.2. The van der Waals surface area contributed by atoms with E-state index >= 15 is 0 Å². The first-order chi connectivity index (χ1) is 11.0. The first-order valence-corrected chi connectivity index (χ1v) is 7.80. The largest absolute Gasteiger partial charge is 0.444 e. The normalized spacial score (nSPS) is 19.5. The summed E-state index contributed by atoms with van der Waals surface area (Å²) in [5.74, 6) is 0.366. The number of imidazole rings is 1. The molecule has 2 rings (SSSR count). The maximum atomic E-state index is 12.5. The third kappa shape index (κ3) is 6.03. The minimum Gasteiger partial charge on any atom is -0.444 e. The van der Waals surface area contributed by atoms with Crippen molar-refractivity contribution >= 4 is 6.09 Å². The third-order valence-corrected chi connectivity index (χ3v) is 3.51. The van der Waals surface area contributed by atoms with Crippen molar-refractivity contribution < 1.29 is 22.7 Å². The molecule has 1 aliphatic rings. The monoisotopic (exact) mass is 348 g/mol. The molecule has 24 heavy (non-hydrogen) atoms. The Morgan fingerprint density at radius 2 is 2.12 bits per heavy atom. The highest BCUT2D eigenvalue weighted by atomic mass is 19.4. The van der Waals surface area contributed by atoms with Gasteiger partial charge in [0.05, 0.1) is 6.54 Å². The zero-order valence-electron chi connectivity index (χ0n) is 14.1. The van der Waals surface area contributed by atoms with Crippen LogP contribution in [0.4, 0.5) is 18.0 Å². The molecule has 136 valence electrons. The average molecular weight is 348 g/mol. The van der Waals surface area contributed by atoms with E-state index in [2.05, 4.69) is 10.3 Å². The van der Waals surface area contributed by atoms with Gasteiger partial charge in [-0.25, -0.2) is 9.78 Å². The number of alkyl halides is 3. The number of rotatable bonds is 4. The second-order valence-corrected chi connectivity index (χ2v) is 6.95. The fourth-order valence-electron chi connectivity index (χ4n) is 2.60. The molecular weight excluding hydrogens is 325 g/mol. The fraction of sp³-hybridized carbons (Fsp3) is 0.733. The molecule has 1 N–H and O–H groups in total. The van der Waals surface area contributed by atoms with E-state index in [0.717, 1.165) is 11.0 Å². The second-order valence-electron chi connectivity index (χ2n) is 6.95. The second kappa shape index (κ2) is 7.00. The lowest BCUT2D eigenvalue weighted by Gasteiger charge is -2.22. The number of carbonyl (C=O) groups excluding carboxylic acids is 1. The molecule has 0 aromatic carbocycles. The number of hydrogen-bond acceptors (Lipinski definition) is 4. The molecule has 0 aliphatic carbocycles. The Balaban J connectivity index is 1.84. The van der Waals surface area contributed by atoms with E-state index in [9.17, 15) is 18.0 Å². The van der Waals surface area contributed by atoms with E-state index < -0.39 is 24.4 Å². The number of aromatic nitrogens is 2. The van der Waals surface area contributed by atoms with Gasteiger partial charge in [-0.15, -0.1) is 0 Å². The number of alkyl carbamates (subject to hydrolysis) is 1. The van der Waals surface area contributed by atoms with Crippen LogP contribution in [0.3, 0.4) is 0 Å². The molecule has 2 heterocycles. The molecule has 0 radical (unpaired) electrons. The SMILES string of the molecule is CC(C)(C)OC(=O)N[C@@H]1CCN(Cc2nccn2CC(F)(F)F)C1. The summed E-state index contributed by atoms with van der Waals surface area (Å²) >= 11 is 0. The van der Waals surface area contributed by atoms with Crippen LogP contribution in [0.5, 0.6) is 0 Å². The van der Waals surface area contributed by atoms with Gasteiger partial charge < -0.3 is 14.6 Å². The summed E-state index contributed by atoms with van der Waals surface area (Å²) in [5.41, 5.74) is -0.565. The molecule has 1 atom stereocenters. The molecule has 1 aliphatic heterocycles. The van der Waals surface area contributed by atoms with Crippen molar-refractivity contribution in [1.29, 1.82) is 0 Å². The van der Waals surface area contributed by atoms with Crippen LogP contribution in [0.15, 0.2) is 12.4 Å². The van der Waals surface area contributed by atoms with E-state index in [1.54, 1.807) is 20.8 Å². The molecule has 1 aromatic heterocycles. The summed E-state index contributed by atoms with van der Waals surface area (Å²) in [6.07, 6.45) is -1.34. The minimum atomic E-state index is -4.28. The van der Waals surface area contributed by atoms with Crippen molar-refractivity contribution in [2.24, 2.45) is 0 Å². The minimum absolute atomic E-state index is 0.0779. The summed E-state index contributed by atoms with van der Waals surface area (Å²) in [6, 6.07) is -0.0779. The number of likely N-dealkylation sites (tertiary alicyclic amines) is 1. The smallest absolute Gasteiger partial charge is 0.407 e. The summed E-state index contributed by atoms with van der Waals surface area (Å²) in [6.45, 7) is 5.86. The maximum Gasteiger partial charge on any atom is 0.407 e. The van der Waals surface area contributed by atoms with E-state index in [1.165, 1.54) is 12.4 Å². The molecule has 9 heteroatoms. The van der Waals surface area contributed by atoms with Crippen LogP contribution in [0.1, 0.15) is 33.0 Å². The van der Waals surface area contributed by atoms with E-state index in [-0.39, 0.29) is 6.04 Å². The van der Waals surface area contributed by atoms with Crippen molar-refractivity contribution in [3.05, 3.63) is 18.2 Å². The van der Waals surface area contributed by atoms with E-state index in [0.29, 0.717) is 25.5 Å². The number of halogens is 3. The summed E-state index contributed by atoms with van der Waals surface area (Å²) < 4.78 is 43.9. The highest BCUT2D eigenvalue weighted by Crippen LogP contribution is 2.20. The number of amides is 1. The molecule has 1 saturated heterocycles. The topological polar surface area (TPSA) is 59.4 Å². The van der Waals surface area contributed by atoms with Gasteiger partial charge in [0.1, 0.15) is 18.0 Å². The van der Waals surface area contributed by atoms with Gasteiger partial charge in [-0.05, 0) is 27.2 Å². The van der Waals surface area contributed by atoms with Gasteiger partial charge in [0.25, 0.3) is 0 Å². The lowest BCUT2D eigenvalue weighted by molar-refractivity contribution is -0.141. The van der Waals surface area contributed by atoms with Gasteiger partial charge in [0, 0.05) is 31.5 Å². The number of nitrogens with one attached hydrogen (secondary N) is 1. The number of hydrogen-bond donors (Lipinski definition) is 1. The standard InChI is InChI=1S/C15H23F3N4O2/c1-14(2,3)24-13(23)20-11-4-6-21(8-11)9-12-19-5-7-22(12)10-15(16,17)18/h5,7,11H,4,6,8-10H2,1-3H3,(H,20,23)/t11-/m1/s1. The molecular formula is C15H23F3N4O2. The molecule has 1 fully saturated rings. The average Bonchev–Trinajstić information content (AvgIpc) is 2.96. The fourth-order valence-corrected chi connectivity index (χ4v) is 2.60. The van der Waals surface area contributed by atoms with Gasteiger partial charge in [-0.1, -0.05) is 0 Å². The Morgan fingerprint density at radius 3 is 2.75 bits per heavy atom. The predicted molar refractivity (Wildman–Crippen MR) is 81.3 cm³/mol. The van der Waals surface area contributed by atoms with Crippen LogP contribution in [0.2, 0.25) is 0 Å². The Bertz CT molecular complexity index is 566. The first kappa shape index (κ1) is 18.6. The summed E-state index contributed by atoms with van der Waals surface area (Å²) in [4.78, 5) is 17.7. The summed E-state index contributed by atoms with van der Waals surface area (Å²) in [7, 11) is 0. The van der Waals surface area contributed by atoms with Crippen LogP contribution < -0.4 is 5.32 Å². The highest BCUT2D eigenvalue weighted by molar-refractivity contribution is 5.68. The molecule has 0 unspecified atom stereocenters. The van der Waals surface area contributed by atoms with Crippen molar-refractivity contribution in [3.63, 3.8) is 0 Å². The first-order valence-electron chi connectivity index (χ1n) is 7.80. The van der Waals surface area contributed by atoms with Crippen LogP contribution in [-0.2, 0) is 17.8 Å². The van der Waals surface area contributed by atoms with Crippen molar-refractivity contribution in [3.8, 4) is 0 Å². The van der Waals surface area contributed by atoms with E-state index in [4.69, 9.17) is 4.74 Å². The quantitative estimate of drug-likeness (QED) is 0.908. The van der Waals surface area contributed by atoms with Gasteiger partial charge in [-0.2, -0.15) is 13.2 Å². The van der Waals surface area contributed by atoms with Crippen LogP contribution >= 0.6 is 0 Å². The van der Waals surface area contributed by atoms with Gasteiger partial charge in [0.2, 0.25) is 0 Å². The Kier molecular flexibility index (Phi) is 5.42. The summed E-state index contributed by atoms with van der Waals surface area (Å²) in [5, 5.41) is 2.79. The number of carbonyl (C=O) groups is 1. The van der Waals surface area contributed by atoms with Crippen molar-refractivity contribution in [1.82, 2.24) is 19.8 Å². The van der Waals surface area contributed by atoms with Crippen molar-refractivity contribution in [2.45, 2.75) is 58.1 Å². The van der Waals surface area contributed by atoms with Gasteiger partial charge in [-0.3, -0.25) is 4.90 Å². The molecule has 6 nitrogen and oxygen atoms in total. The number of nitrogens with zero attached hydrogens (tertiary/aromatic N) is 3. The molecule has 1 aromatic rings. The molecule has 0 bridgehead atoms. The van der Waals surface area contributed by atoms with Crippen LogP contribution in [-0.4, -0.2) is 51.5 Å². The molecule has 1 amide bonds. The predicted octanol–water partition coefficient (Wildman–Crippen LogP) is 2.54. The van der Waals surface area contributed by atoms with Gasteiger partial charge in [0.15, 0.2) is 0 Å². The maximum absolute atomic E-state index is 12.5. The van der Waals surface area contributed by atoms with Gasteiger partial charge >= 0.3 is 12.3 Å². The highest BCUT2D eigenvalue weighted by Gasteiger charge is 2.30. The Hall–Kier alpha value is -1.77. The molecule has 0 saturated carbocycles. The van der Waals surface area contributed by atoms with Crippen LogP contribution in [0.25, 0.3) is 0 Å². The molecule has 0 spiro atoms. The Morgan fingerprint density at radius 1 is 1.42 bits per heavy atom. The third-order valence-electron chi connectivity index (χ3n) is 3.51. The van der Waals surface area contributed by atoms with Crippen molar-refractivity contribution in [2.75, 3.05) is 13.1 Å². The van der Waals surface area contributed by atoms with E-state index in [1.807, 2.05) is 4.90 Å². The van der Waals surface area contributed by atoms with Crippen LogP contribution in [0, 0.1) is 0 Å².